The summed E-state index contributed by atoms with van der Waals surface area (Å²) >= 11 is 5.87. The predicted octanol–water partition coefficient (Wildman–Crippen LogP) is 3.51. The summed E-state index contributed by atoms with van der Waals surface area (Å²) in [5.74, 6) is -3.38. The highest BCUT2D eigenvalue weighted by atomic mass is 35.5. The summed E-state index contributed by atoms with van der Waals surface area (Å²) in [6.45, 7) is -0.631. The van der Waals surface area contributed by atoms with Crippen LogP contribution in [0.4, 0.5) is 26.3 Å². The number of nitrogens with zero attached hydrogens (tertiary/aromatic N) is 7. The number of benzene rings is 1. The molecule has 0 saturated carbocycles. The highest BCUT2D eigenvalue weighted by Gasteiger charge is 2.40. The lowest BCUT2D eigenvalue weighted by atomic mass is 10.2. The molecule has 18 heteroatoms. The second-order valence-corrected chi connectivity index (χ2v) is 8.73. The SMILES string of the molecule is CCOC(=O)c1nc(Cn2nc(-c3ccc(Cl)cc3)n(C[C@@H](O)C(F)(F)F)c2=O)nn1-c1ncccc1C(F)(F)F. The van der Waals surface area contributed by atoms with Gasteiger partial charge in [0.15, 0.2) is 23.6 Å². The molecule has 0 saturated heterocycles. The van der Waals surface area contributed by atoms with Gasteiger partial charge in [0.25, 0.3) is 0 Å². The number of pyridine rings is 1. The number of esters is 1. The normalized spacial score (nSPS) is 12.9. The highest BCUT2D eigenvalue weighted by molar-refractivity contribution is 6.30. The predicted molar refractivity (Wildman–Crippen MR) is 128 cm³/mol. The van der Waals surface area contributed by atoms with Gasteiger partial charge in [-0.15, -0.1) is 10.2 Å². The summed E-state index contributed by atoms with van der Waals surface area (Å²) in [6, 6.07) is 7.26. The summed E-state index contributed by atoms with van der Waals surface area (Å²) in [6.07, 6.45) is -11.9. The van der Waals surface area contributed by atoms with E-state index in [9.17, 15) is 41.0 Å². The van der Waals surface area contributed by atoms with E-state index < -0.39 is 66.2 Å². The fourth-order valence-corrected chi connectivity index (χ4v) is 3.74. The molecular formula is C23H18ClF6N7O4. The van der Waals surface area contributed by atoms with Crippen LogP contribution in [0.1, 0.15) is 28.9 Å². The van der Waals surface area contributed by atoms with Crippen LogP contribution in [0.15, 0.2) is 47.4 Å². The maximum absolute atomic E-state index is 13.7. The van der Waals surface area contributed by atoms with Crippen molar-refractivity contribution in [2.24, 2.45) is 0 Å². The zero-order valence-corrected chi connectivity index (χ0v) is 21.4. The molecule has 1 atom stereocenters. The van der Waals surface area contributed by atoms with Gasteiger partial charge in [-0.2, -0.15) is 31.0 Å². The largest absolute Gasteiger partial charge is 0.460 e. The third-order valence-electron chi connectivity index (χ3n) is 5.45. The Kier molecular flexibility index (Phi) is 8.21. The van der Waals surface area contributed by atoms with E-state index in [1.54, 1.807) is 0 Å². The van der Waals surface area contributed by atoms with Gasteiger partial charge in [-0.05, 0) is 43.3 Å². The van der Waals surface area contributed by atoms with E-state index in [0.29, 0.717) is 20.0 Å². The summed E-state index contributed by atoms with van der Waals surface area (Å²) in [5.41, 5.74) is -2.23. The molecule has 0 unspecified atom stereocenters. The minimum absolute atomic E-state index is 0.161. The van der Waals surface area contributed by atoms with Gasteiger partial charge in [-0.3, -0.25) is 4.57 Å². The van der Waals surface area contributed by atoms with Crippen molar-refractivity contribution in [1.82, 2.24) is 34.1 Å². The standard InChI is InChI=1S/C23H18ClF6N7O4/c1-2-41-20(39)19-32-16(33-37(19)18-14(22(25,26)27)4-3-9-31-18)11-36-21(40)35(10-15(38)23(28,29)30)17(34-36)12-5-7-13(24)8-6-12/h3-9,15,38H,2,10-11H2,1H3/t15-/m1/s1. The van der Waals surface area contributed by atoms with E-state index in [0.717, 1.165) is 12.3 Å². The van der Waals surface area contributed by atoms with Crippen molar-refractivity contribution < 1.29 is 41.0 Å². The van der Waals surface area contributed by atoms with Gasteiger partial charge in [0, 0.05) is 16.8 Å². The van der Waals surface area contributed by atoms with Crippen LogP contribution in [0, 0.1) is 0 Å². The van der Waals surface area contributed by atoms with Gasteiger partial charge < -0.3 is 9.84 Å². The summed E-state index contributed by atoms with van der Waals surface area (Å²) in [5, 5.41) is 17.8. The first-order chi connectivity index (χ1) is 19.2. The second kappa shape index (κ2) is 11.3. The first-order valence-corrected chi connectivity index (χ1v) is 11.9. The molecule has 1 aromatic carbocycles. The van der Waals surface area contributed by atoms with Crippen LogP contribution in [0.3, 0.4) is 0 Å². The lowest BCUT2D eigenvalue weighted by molar-refractivity contribution is -0.207. The summed E-state index contributed by atoms with van der Waals surface area (Å²) in [4.78, 5) is 33.2. The number of hydrogen-bond acceptors (Lipinski definition) is 8. The zero-order valence-electron chi connectivity index (χ0n) is 20.7. The van der Waals surface area contributed by atoms with Crippen LogP contribution in [0.2, 0.25) is 5.02 Å². The van der Waals surface area contributed by atoms with Crippen molar-refractivity contribution in [2.75, 3.05) is 6.61 Å². The van der Waals surface area contributed by atoms with Crippen molar-refractivity contribution in [2.45, 2.75) is 38.5 Å². The first-order valence-electron chi connectivity index (χ1n) is 11.5. The molecule has 0 bridgehead atoms. The topological polar surface area (TPSA) is 130 Å². The lowest BCUT2D eigenvalue weighted by Gasteiger charge is -2.15. The zero-order chi connectivity index (χ0) is 30.1. The lowest BCUT2D eigenvalue weighted by Crippen LogP contribution is -2.37. The minimum Gasteiger partial charge on any atom is -0.460 e. The van der Waals surface area contributed by atoms with Gasteiger partial charge >= 0.3 is 24.0 Å². The molecule has 0 amide bonds. The monoisotopic (exact) mass is 605 g/mol. The molecule has 0 fully saturated rings. The Labute approximate surface area is 230 Å². The Morgan fingerprint density at radius 2 is 1.78 bits per heavy atom. The molecule has 11 nitrogen and oxygen atoms in total. The molecule has 4 rings (SSSR count). The van der Waals surface area contributed by atoms with E-state index >= 15 is 0 Å². The Morgan fingerprint density at radius 3 is 2.39 bits per heavy atom. The van der Waals surface area contributed by atoms with Gasteiger partial charge in [0.05, 0.1) is 13.2 Å². The van der Waals surface area contributed by atoms with Crippen molar-refractivity contribution in [3.8, 4) is 17.2 Å². The van der Waals surface area contributed by atoms with Crippen LogP contribution in [0.25, 0.3) is 17.2 Å². The average molecular weight is 606 g/mol. The Morgan fingerprint density at radius 1 is 1.10 bits per heavy atom. The van der Waals surface area contributed by atoms with Gasteiger partial charge in [0.2, 0.25) is 5.82 Å². The number of hydrogen-bond donors (Lipinski definition) is 1. The third-order valence-corrected chi connectivity index (χ3v) is 5.70. The third kappa shape index (κ3) is 6.40. The van der Waals surface area contributed by atoms with Crippen LogP contribution >= 0.6 is 11.6 Å². The maximum Gasteiger partial charge on any atom is 0.420 e. The first kappa shape index (κ1) is 29.7. The molecule has 0 aliphatic rings. The van der Waals surface area contributed by atoms with E-state index in [2.05, 4.69) is 20.2 Å². The fourth-order valence-electron chi connectivity index (χ4n) is 3.62. The molecule has 0 radical (unpaired) electrons. The number of halogens is 7. The molecule has 1 N–H and O–H groups in total. The number of alkyl halides is 6. The molecule has 0 spiro atoms. The molecule has 4 aromatic rings. The fraction of sp³-hybridized carbons (Fsp3) is 0.304. The van der Waals surface area contributed by atoms with Crippen LogP contribution in [-0.4, -0.2) is 64.1 Å². The molecule has 41 heavy (non-hydrogen) atoms. The molecule has 0 aliphatic carbocycles. The Hall–Kier alpha value is -4.25. The van der Waals surface area contributed by atoms with Crippen molar-refractivity contribution >= 4 is 17.6 Å². The van der Waals surface area contributed by atoms with Crippen LogP contribution in [-0.2, 0) is 24.0 Å². The number of aliphatic hydroxyl groups is 1. The van der Waals surface area contributed by atoms with Gasteiger partial charge in [0.1, 0.15) is 12.1 Å². The Balaban J connectivity index is 1.83. The molecule has 3 aromatic heterocycles. The van der Waals surface area contributed by atoms with E-state index in [1.165, 1.54) is 31.2 Å². The van der Waals surface area contributed by atoms with Crippen molar-refractivity contribution in [1.29, 1.82) is 0 Å². The summed E-state index contributed by atoms with van der Waals surface area (Å²) < 4.78 is 86.8. The number of aliphatic hydroxyl groups excluding tert-OH is 1. The Bertz CT molecular complexity index is 1610. The molecule has 3 heterocycles. The maximum atomic E-state index is 13.7. The summed E-state index contributed by atoms with van der Waals surface area (Å²) in [7, 11) is 0. The van der Waals surface area contributed by atoms with Crippen molar-refractivity contribution in [3.63, 3.8) is 0 Å². The van der Waals surface area contributed by atoms with Gasteiger partial charge in [-0.25, -0.2) is 24.2 Å². The molecule has 218 valence electrons. The smallest absolute Gasteiger partial charge is 0.420 e. The van der Waals surface area contributed by atoms with Crippen LogP contribution in [0.5, 0.6) is 0 Å². The number of ether oxygens (including phenoxy) is 1. The quantitative estimate of drug-likeness (QED) is 0.239. The van der Waals surface area contributed by atoms with Crippen LogP contribution < -0.4 is 5.69 Å². The number of aromatic nitrogens is 7. The minimum atomic E-state index is -5.06. The van der Waals surface area contributed by atoms with E-state index in [-0.39, 0.29) is 23.0 Å². The van der Waals surface area contributed by atoms with Gasteiger partial charge in [-0.1, -0.05) is 11.6 Å². The number of carbonyl (C=O) groups is 1. The molecule has 0 aliphatic heterocycles. The highest BCUT2D eigenvalue weighted by Crippen LogP contribution is 2.33. The van der Waals surface area contributed by atoms with Crippen molar-refractivity contribution in [3.05, 3.63) is 75.3 Å². The number of carbonyl (C=O) groups excluding carboxylic acids is 1. The molecular weight excluding hydrogens is 588 g/mol. The number of rotatable bonds is 8. The second-order valence-electron chi connectivity index (χ2n) is 8.29. The van der Waals surface area contributed by atoms with E-state index in [1.807, 2.05) is 0 Å². The van der Waals surface area contributed by atoms with E-state index in [4.69, 9.17) is 16.3 Å². The average Bonchev–Trinajstić information content (AvgIpc) is 3.45.